The highest BCUT2D eigenvalue weighted by Crippen LogP contribution is 2.33. The van der Waals surface area contributed by atoms with Crippen molar-refractivity contribution in [2.24, 2.45) is 0 Å². The van der Waals surface area contributed by atoms with Gasteiger partial charge in [0.2, 0.25) is 0 Å². The van der Waals surface area contributed by atoms with Crippen molar-refractivity contribution in [3.8, 4) is 5.82 Å². The van der Waals surface area contributed by atoms with Gasteiger partial charge in [0.05, 0.1) is 16.3 Å². The largest absolute Gasteiger partial charge is 0.417 e. The zero-order valence-electron chi connectivity index (χ0n) is 11.5. The van der Waals surface area contributed by atoms with Crippen LogP contribution in [0.4, 0.5) is 13.2 Å². The summed E-state index contributed by atoms with van der Waals surface area (Å²) in [5, 5.41) is 4.13. The fraction of sp³-hybridized carbons (Fsp3) is 0.385. The summed E-state index contributed by atoms with van der Waals surface area (Å²) in [6.07, 6.45) is -3.77. The Bertz CT molecular complexity index is 672. The Balaban J connectivity index is 2.59. The Kier molecular flexibility index (Phi) is 3.97. The Labute approximate surface area is 129 Å². The molecule has 0 aromatic carbocycles. The highest BCUT2D eigenvalue weighted by atomic mass is 35.5. The maximum absolute atomic E-state index is 12.6. The molecule has 0 unspecified atom stereocenters. The standard InChI is InChI=1S/C13H12Cl2F3N3/c1-12(2,3)9-5-10(15)20-21(9)11-8(14)4-7(6-19-11)13(16,17)18/h4-6H,1-3H3. The van der Waals surface area contributed by atoms with Crippen LogP contribution in [0.15, 0.2) is 18.3 Å². The molecule has 21 heavy (non-hydrogen) atoms. The predicted octanol–water partition coefficient (Wildman–Crippen LogP) is 4.89. The van der Waals surface area contributed by atoms with Gasteiger partial charge in [0.25, 0.3) is 0 Å². The van der Waals surface area contributed by atoms with E-state index in [4.69, 9.17) is 23.2 Å². The quantitative estimate of drug-likeness (QED) is 0.741. The molecule has 2 heterocycles. The Hall–Kier alpha value is -1.27. The first-order chi connectivity index (χ1) is 9.50. The van der Waals surface area contributed by atoms with Crippen LogP contribution in [0.25, 0.3) is 5.82 Å². The van der Waals surface area contributed by atoms with Crippen molar-refractivity contribution in [3.05, 3.63) is 39.8 Å². The molecule has 8 heteroatoms. The highest BCUT2D eigenvalue weighted by molar-refractivity contribution is 6.32. The number of pyridine rings is 1. The van der Waals surface area contributed by atoms with Gasteiger partial charge in [-0.05, 0) is 12.1 Å². The van der Waals surface area contributed by atoms with Crippen LogP contribution in [-0.4, -0.2) is 14.8 Å². The molecule has 0 aliphatic heterocycles. The van der Waals surface area contributed by atoms with E-state index in [2.05, 4.69) is 10.1 Å². The van der Waals surface area contributed by atoms with Crippen LogP contribution in [0, 0.1) is 0 Å². The summed E-state index contributed by atoms with van der Waals surface area (Å²) in [6, 6.07) is 2.46. The van der Waals surface area contributed by atoms with Crippen LogP contribution in [0.5, 0.6) is 0 Å². The van der Waals surface area contributed by atoms with E-state index < -0.39 is 11.7 Å². The second-order valence-corrected chi connectivity index (χ2v) is 6.34. The maximum atomic E-state index is 12.6. The summed E-state index contributed by atoms with van der Waals surface area (Å²) in [5.74, 6) is 0.112. The minimum absolute atomic E-state index is 0.112. The number of rotatable bonds is 1. The Morgan fingerprint density at radius 3 is 2.19 bits per heavy atom. The molecule has 2 aromatic heterocycles. The molecule has 0 fully saturated rings. The fourth-order valence-corrected chi connectivity index (χ4v) is 2.21. The summed E-state index contributed by atoms with van der Waals surface area (Å²) in [4.78, 5) is 3.79. The predicted molar refractivity (Wildman–Crippen MR) is 75.1 cm³/mol. The number of alkyl halides is 3. The monoisotopic (exact) mass is 337 g/mol. The van der Waals surface area contributed by atoms with Gasteiger partial charge in [-0.15, -0.1) is 0 Å². The van der Waals surface area contributed by atoms with Crippen molar-refractivity contribution in [2.75, 3.05) is 0 Å². The summed E-state index contributed by atoms with van der Waals surface area (Å²) in [5.41, 5.74) is -0.540. The van der Waals surface area contributed by atoms with Gasteiger partial charge in [-0.1, -0.05) is 44.0 Å². The minimum Gasteiger partial charge on any atom is -0.235 e. The van der Waals surface area contributed by atoms with Crippen LogP contribution in [0.2, 0.25) is 10.2 Å². The summed E-state index contributed by atoms with van der Waals surface area (Å²) in [7, 11) is 0. The average molecular weight is 338 g/mol. The number of hydrogen-bond donors (Lipinski definition) is 0. The van der Waals surface area contributed by atoms with Gasteiger partial charge in [-0.3, -0.25) is 0 Å². The van der Waals surface area contributed by atoms with Crippen molar-refractivity contribution in [1.29, 1.82) is 0 Å². The molecule has 0 saturated carbocycles. The topological polar surface area (TPSA) is 30.7 Å². The van der Waals surface area contributed by atoms with Crippen molar-refractivity contribution >= 4 is 23.2 Å². The molecule has 0 N–H and O–H groups in total. The average Bonchev–Trinajstić information content (AvgIpc) is 2.69. The number of aromatic nitrogens is 3. The Morgan fingerprint density at radius 1 is 1.10 bits per heavy atom. The van der Waals surface area contributed by atoms with Crippen molar-refractivity contribution in [2.45, 2.75) is 32.4 Å². The van der Waals surface area contributed by atoms with Crippen LogP contribution >= 0.6 is 23.2 Å². The first-order valence-electron chi connectivity index (χ1n) is 5.99. The number of hydrogen-bond acceptors (Lipinski definition) is 2. The smallest absolute Gasteiger partial charge is 0.235 e. The third kappa shape index (κ3) is 3.32. The lowest BCUT2D eigenvalue weighted by molar-refractivity contribution is -0.137. The second-order valence-electron chi connectivity index (χ2n) is 5.54. The second kappa shape index (κ2) is 5.18. The van der Waals surface area contributed by atoms with E-state index in [1.165, 1.54) is 4.68 Å². The Morgan fingerprint density at radius 2 is 1.71 bits per heavy atom. The van der Waals surface area contributed by atoms with Crippen LogP contribution in [0.1, 0.15) is 32.0 Å². The van der Waals surface area contributed by atoms with Gasteiger partial charge in [-0.2, -0.15) is 18.3 Å². The molecule has 0 saturated heterocycles. The van der Waals surface area contributed by atoms with Crippen LogP contribution < -0.4 is 0 Å². The van der Waals surface area contributed by atoms with Crippen molar-refractivity contribution in [3.63, 3.8) is 0 Å². The van der Waals surface area contributed by atoms with Crippen molar-refractivity contribution in [1.82, 2.24) is 14.8 Å². The third-order valence-electron chi connectivity index (χ3n) is 2.80. The SMILES string of the molecule is CC(C)(C)c1cc(Cl)nn1-c1ncc(C(F)(F)F)cc1Cl. The van der Waals surface area contributed by atoms with Crippen LogP contribution in [0.3, 0.4) is 0 Å². The lowest BCUT2D eigenvalue weighted by Gasteiger charge is -2.20. The van der Waals surface area contributed by atoms with Gasteiger partial charge in [0, 0.05) is 11.6 Å². The number of halogens is 5. The lowest BCUT2D eigenvalue weighted by atomic mass is 9.92. The fourth-order valence-electron chi connectivity index (χ4n) is 1.79. The molecule has 3 nitrogen and oxygen atoms in total. The van der Waals surface area contributed by atoms with Crippen LogP contribution in [-0.2, 0) is 11.6 Å². The molecular weight excluding hydrogens is 326 g/mol. The molecule has 0 spiro atoms. The van der Waals surface area contributed by atoms with E-state index in [9.17, 15) is 13.2 Å². The zero-order chi connectivity index (χ0) is 16.0. The molecule has 0 bridgehead atoms. The molecular formula is C13H12Cl2F3N3. The first kappa shape index (κ1) is 16.1. The van der Waals surface area contributed by atoms with Gasteiger partial charge in [-0.25, -0.2) is 9.67 Å². The minimum atomic E-state index is -4.50. The number of nitrogens with zero attached hydrogens (tertiary/aromatic N) is 3. The highest BCUT2D eigenvalue weighted by Gasteiger charge is 2.32. The molecule has 114 valence electrons. The molecule has 0 aliphatic carbocycles. The summed E-state index contributed by atoms with van der Waals surface area (Å²) in [6.45, 7) is 5.78. The molecule has 0 aliphatic rings. The summed E-state index contributed by atoms with van der Waals surface area (Å²) < 4.78 is 39.3. The van der Waals surface area contributed by atoms with E-state index in [0.29, 0.717) is 5.69 Å². The van der Waals surface area contributed by atoms with E-state index in [-0.39, 0.29) is 21.4 Å². The zero-order valence-corrected chi connectivity index (χ0v) is 13.0. The van der Waals surface area contributed by atoms with E-state index in [1.54, 1.807) is 6.07 Å². The van der Waals surface area contributed by atoms with Gasteiger partial charge < -0.3 is 0 Å². The van der Waals surface area contributed by atoms with Gasteiger partial charge in [0.1, 0.15) is 0 Å². The molecule has 0 atom stereocenters. The molecule has 2 rings (SSSR count). The van der Waals surface area contributed by atoms with Gasteiger partial charge in [0.15, 0.2) is 11.0 Å². The molecule has 2 aromatic rings. The third-order valence-corrected chi connectivity index (χ3v) is 3.26. The van der Waals surface area contributed by atoms with E-state index >= 15 is 0 Å². The van der Waals surface area contributed by atoms with E-state index in [0.717, 1.165) is 12.3 Å². The summed E-state index contributed by atoms with van der Waals surface area (Å²) >= 11 is 11.8. The van der Waals surface area contributed by atoms with E-state index in [1.807, 2.05) is 20.8 Å². The van der Waals surface area contributed by atoms with Gasteiger partial charge >= 0.3 is 6.18 Å². The lowest BCUT2D eigenvalue weighted by Crippen LogP contribution is -2.18. The van der Waals surface area contributed by atoms with Crippen molar-refractivity contribution < 1.29 is 13.2 Å². The maximum Gasteiger partial charge on any atom is 0.417 e. The molecule has 0 radical (unpaired) electrons. The normalized spacial score (nSPS) is 12.8. The first-order valence-corrected chi connectivity index (χ1v) is 6.75. The molecule has 0 amide bonds.